The number of fused-ring (bicyclic) bond motifs is 1. The number of carbonyl (C=O) groups excluding carboxylic acids is 1. The lowest BCUT2D eigenvalue weighted by Crippen LogP contribution is -2.29. The molecule has 0 saturated heterocycles. The molecule has 2 aromatic carbocycles. The number of nitrogens with zero attached hydrogens (tertiary/aromatic N) is 3. The van der Waals surface area contributed by atoms with Gasteiger partial charge in [-0.3, -0.25) is 9.59 Å². The summed E-state index contributed by atoms with van der Waals surface area (Å²) in [5, 5.41) is 8.76. The molecule has 158 valence electrons. The molecule has 0 aliphatic heterocycles. The third kappa shape index (κ3) is 4.68. The second kappa shape index (κ2) is 9.16. The second-order valence-corrected chi connectivity index (χ2v) is 7.45. The van der Waals surface area contributed by atoms with Gasteiger partial charge in [0, 0.05) is 41.9 Å². The van der Waals surface area contributed by atoms with E-state index in [2.05, 4.69) is 15.0 Å². The van der Waals surface area contributed by atoms with Crippen LogP contribution in [0.15, 0.2) is 71.7 Å². The van der Waals surface area contributed by atoms with Gasteiger partial charge in [-0.1, -0.05) is 29.8 Å². The molecule has 8 heteroatoms. The number of hydrogen-bond donors (Lipinski definition) is 1. The van der Waals surface area contributed by atoms with Gasteiger partial charge in [-0.05, 0) is 36.4 Å². The first-order valence-electron chi connectivity index (χ1n) is 9.76. The summed E-state index contributed by atoms with van der Waals surface area (Å²) in [5.41, 5.74) is 2.72. The van der Waals surface area contributed by atoms with Crippen LogP contribution in [-0.2, 0) is 22.6 Å². The average molecular weight is 437 g/mol. The fraction of sp³-hybridized carbons (Fsp3) is 0.174. The van der Waals surface area contributed by atoms with Gasteiger partial charge in [0.05, 0.1) is 23.5 Å². The van der Waals surface area contributed by atoms with Crippen LogP contribution in [0.1, 0.15) is 0 Å². The Morgan fingerprint density at radius 2 is 1.90 bits per heavy atom. The van der Waals surface area contributed by atoms with Gasteiger partial charge in [-0.25, -0.2) is 4.68 Å². The van der Waals surface area contributed by atoms with Crippen molar-refractivity contribution in [2.75, 3.05) is 19.0 Å². The zero-order chi connectivity index (χ0) is 21.8. The van der Waals surface area contributed by atoms with E-state index in [1.165, 1.54) is 6.07 Å². The monoisotopic (exact) mass is 436 g/mol. The molecule has 0 unspecified atom stereocenters. The third-order valence-corrected chi connectivity index (χ3v) is 5.18. The van der Waals surface area contributed by atoms with Crippen molar-refractivity contribution in [2.45, 2.75) is 13.1 Å². The van der Waals surface area contributed by atoms with E-state index in [9.17, 15) is 9.59 Å². The van der Waals surface area contributed by atoms with Crippen LogP contribution in [0.2, 0.25) is 5.02 Å². The van der Waals surface area contributed by atoms with Crippen molar-refractivity contribution in [3.8, 4) is 11.3 Å². The van der Waals surface area contributed by atoms with Gasteiger partial charge in [-0.2, -0.15) is 5.10 Å². The van der Waals surface area contributed by atoms with Gasteiger partial charge in [-0.15, -0.1) is 0 Å². The second-order valence-electron chi connectivity index (χ2n) is 7.01. The Hall–Kier alpha value is -3.42. The molecule has 0 aliphatic rings. The van der Waals surface area contributed by atoms with Crippen molar-refractivity contribution < 1.29 is 9.53 Å². The molecule has 1 amide bonds. The number of nitrogens with one attached hydrogen (secondary N) is 1. The first-order chi connectivity index (χ1) is 15.0. The highest BCUT2D eigenvalue weighted by Crippen LogP contribution is 2.24. The van der Waals surface area contributed by atoms with Gasteiger partial charge >= 0.3 is 0 Å². The Bertz CT molecular complexity index is 1280. The number of hydrogen-bond acceptors (Lipinski definition) is 4. The summed E-state index contributed by atoms with van der Waals surface area (Å²) in [4.78, 5) is 24.9. The molecular formula is C23H21ClN4O3. The highest BCUT2D eigenvalue weighted by atomic mass is 35.5. The van der Waals surface area contributed by atoms with E-state index < -0.39 is 0 Å². The van der Waals surface area contributed by atoms with Crippen LogP contribution in [0.3, 0.4) is 0 Å². The Labute approximate surface area is 183 Å². The quantitative estimate of drug-likeness (QED) is 0.478. The summed E-state index contributed by atoms with van der Waals surface area (Å²) in [6, 6.07) is 17.8. The maximum Gasteiger partial charge on any atom is 0.267 e. The molecule has 1 N–H and O–H groups in total. The summed E-state index contributed by atoms with van der Waals surface area (Å²) in [6.45, 7) is 1.12. The summed E-state index contributed by atoms with van der Waals surface area (Å²) in [6.07, 6.45) is 1.96. The summed E-state index contributed by atoms with van der Waals surface area (Å²) >= 11 is 5.93. The lowest BCUT2D eigenvalue weighted by Gasteiger charge is -2.10. The molecule has 0 saturated carbocycles. The molecule has 0 bridgehead atoms. The van der Waals surface area contributed by atoms with Crippen molar-refractivity contribution in [3.63, 3.8) is 0 Å². The van der Waals surface area contributed by atoms with Crippen LogP contribution in [0.25, 0.3) is 22.2 Å². The van der Waals surface area contributed by atoms with Crippen LogP contribution in [0.5, 0.6) is 0 Å². The van der Waals surface area contributed by atoms with E-state index in [0.717, 1.165) is 21.1 Å². The number of aromatic nitrogens is 3. The topological polar surface area (TPSA) is 78.2 Å². The van der Waals surface area contributed by atoms with Gasteiger partial charge in [0.15, 0.2) is 0 Å². The van der Waals surface area contributed by atoms with Gasteiger partial charge in [0.25, 0.3) is 5.56 Å². The Kier molecular flexibility index (Phi) is 6.16. The number of benzene rings is 2. The lowest BCUT2D eigenvalue weighted by molar-refractivity contribution is -0.117. The molecule has 0 aliphatic carbocycles. The zero-order valence-corrected chi connectivity index (χ0v) is 17.7. The average Bonchev–Trinajstić information content (AvgIpc) is 3.18. The SMILES string of the molecule is COCCn1ccc2c(NC(=O)Cn3nc(-c4ccc(Cl)cc4)ccc3=O)cccc21. The molecule has 2 heterocycles. The standard InChI is InChI=1S/C23H21ClN4O3/c1-31-14-13-27-12-11-18-20(3-2-4-21(18)27)25-22(29)15-28-23(30)10-9-19(26-28)16-5-7-17(24)8-6-16/h2-12H,13-15H2,1H3,(H,25,29). The number of ether oxygens (including phenoxy) is 1. The molecule has 2 aromatic heterocycles. The van der Waals surface area contributed by atoms with Crippen molar-refractivity contribution >= 4 is 34.1 Å². The highest BCUT2D eigenvalue weighted by molar-refractivity contribution is 6.30. The fourth-order valence-corrected chi connectivity index (χ4v) is 3.51. The lowest BCUT2D eigenvalue weighted by atomic mass is 10.1. The number of anilines is 1. The van der Waals surface area contributed by atoms with Crippen LogP contribution in [0, 0.1) is 0 Å². The number of methoxy groups -OCH3 is 1. The van der Waals surface area contributed by atoms with E-state index in [0.29, 0.717) is 29.6 Å². The van der Waals surface area contributed by atoms with Crippen LogP contribution in [-0.4, -0.2) is 34.0 Å². The minimum atomic E-state index is -0.350. The molecule has 0 radical (unpaired) electrons. The van der Waals surface area contributed by atoms with E-state index in [-0.39, 0.29) is 18.0 Å². The van der Waals surface area contributed by atoms with Crippen molar-refractivity contribution in [2.24, 2.45) is 0 Å². The summed E-state index contributed by atoms with van der Waals surface area (Å²) < 4.78 is 8.37. The largest absolute Gasteiger partial charge is 0.383 e. The third-order valence-electron chi connectivity index (χ3n) is 4.92. The van der Waals surface area contributed by atoms with E-state index in [1.807, 2.05) is 42.6 Å². The van der Waals surface area contributed by atoms with Gasteiger partial charge in [0.2, 0.25) is 5.91 Å². The molecular weight excluding hydrogens is 416 g/mol. The maximum absolute atomic E-state index is 12.7. The fourth-order valence-electron chi connectivity index (χ4n) is 3.38. The number of halogens is 1. The van der Waals surface area contributed by atoms with Crippen LogP contribution in [0.4, 0.5) is 5.69 Å². The highest BCUT2D eigenvalue weighted by Gasteiger charge is 2.11. The van der Waals surface area contributed by atoms with E-state index in [1.54, 1.807) is 25.3 Å². The number of amides is 1. The van der Waals surface area contributed by atoms with Crippen molar-refractivity contribution in [1.82, 2.24) is 14.3 Å². The first-order valence-corrected chi connectivity index (χ1v) is 10.1. The summed E-state index contributed by atoms with van der Waals surface area (Å²) in [7, 11) is 1.66. The van der Waals surface area contributed by atoms with Crippen molar-refractivity contribution in [1.29, 1.82) is 0 Å². The molecule has 0 fully saturated rings. The molecule has 7 nitrogen and oxygen atoms in total. The summed E-state index contributed by atoms with van der Waals surface area (Å²) in [5.74, 6) is -0.333. The van der Waals surface area contributed by atoms with Crippen LogP contribution >= 0.6 is 11.6 Å². The smallest absolute Gasteiger partial charge is 0.267 e. The van der Waals surface area contributed by atoms with Crippen LogP contribution < -0.4 is 10.9 Å². The van der Waals surface area contributed by atoms with Gasteiger partial charge in [0.1, 0.15) is 6.54 Å². The molecule has 0 spiro atoms. The Morgan fingerprint density at radius 3 is 2.68 bits per heavy atom. The predicted octanol–water partition coefficient (Wildman–Crippen LogP) is 3.80. The molecule has 4 aromatic rings. The molecule has 4 rings (SSSR count). The molecule has 31 heavy (non-hydrogen) atoms. The molecule has 0 atom stereocenters. The van der Waals surface area contributed by atoms with E-state index in [4.69, 9.17) is 16.3 Å². The van der Waals surface area contributed by atoms with E-state index >= 15 is 0 Å². The normalized spacial score (nSPS) is 11.0. The zero-order valence-electron chi connectivity index (χ0n) is 16.9. The number of carbonyl (C=O) groups is 1. The predicted molar refractivity (Wildman–Crippen MR) is 121 cm³/mol. The minimum absolute atomic E-state index is 0.193. The number of rotatable bonds is 7. The Balaban J connectivity index is 1.54. The van der Waals surface area contributed by atoms with Gasteiger partial charge < -0.3 is 14.6 Å². The maximum atomic E-state index is 12.7. The van der Waals surface area contributed by atoms with Crippen molar-refractivity contribution in [3.05, 3.63) is 82.2 Å². The minimum Gasteiger partial charge on any atom is -0.383 e. The first kappa shape index (κ1) is 20.8. The Morgan fingerprint density at radius 1 is 1.10 bits per heavy atom.